The van der Waals surface area contributed by atoms with E-state index in [0.29, 0.717) is 5.56 Å². The van der Waals surface area contributed by atoms with Gasteiger partial charge in [-0.25, -0.2) is 4.39 Å². The van der Waals surface area contributed by atoms with Gasteiger partial charge in [0.2, 0.25) is 0 Å². The van der Waals surface area contributed by atoms with Gasteiger partial charge in [-0.3, -0.25) is 0 Å². The normalized spacial score (nSPS) is 18.9. The Labute approximate surface area is 108 Å². The lowest BCUT2D eigenvalue weighted by atomic mass is 9.88. The molecule has 1 aromatic carbocycles. The summed E-state index contributed by atoms with van der Waals surface area (Å²) in [7, 11) is 1.40. The van der Waals surface area contributed by atoms with Crippen LogP contribution in [0.3, 0.4) is 0 Å². The molecule has 0 amide bonds. The molecule has 1 fully saturated rings. The molecule has 0 aliphatic heterocycles. The van der Waals surface area contributed by atoms with Gasteiger partial charge >= 0.3 is 0 Å². The summed E-state index contributed by atoms with van der Waals surface area (Å²) in [5, 5.41) is 10.1. The van der Waals surface area contributed by atoms with Crippen molar-refractivity contribution in [3.8, 4) is 11.5 Å². The first kappa shape index (κ1) is 12.6. The van der Waals surface area contributed by atoms with Crippen LogP contribution < -0.4 is 10.5 Å². The highest BCUT2D eigenvalue weighted by atomic mass is 79.9. The molecular weight excluding hydrogens is 289 g/mol. The fourth-order valence-electron chi connectivity index (χ4n) is 2.27. The molecule has 1 aromatic rings. The second-order valence-electron chi connectivity index (χ2n) is 4.54. The zero-order chi connectivity index (χ0) is 12.8. The van der Waals surface area contributed by atoms with Crippen molar-refractivity contribution >= 4 is 15.9 Å². The lowest BCUT2D eigenvalue weighted by Gasteiger charge is -2.23. The third-order valence-electron chi connectivity index (χ3n) is 3.54. The summed E-state index contributed by atoms with van der Waals surface area (Å²) in [5.41, 5.74) is 6.15. The molecule has 1 unspecified atom stereocenters. The zero-order valence-corrected chi connectivity index (χ0v) is 11.3. The second-order valence-corrected chi connectivity index (χ2v) is 5.34. The number of halogens is 2. The maximum Gasteiger partial charge on any atom is 0.163 e. The standard InChI is InChI=1S/C12H15BrFNO2/c1-6(15)12(3-4-12)9-10(13)7(14)5-8(17-2)11(9)16/h5-6,16H,3-4,15H2,1-2H3. The van der Waals surface area contributed by atoms with Crippen LogP contribution in [-0.4, -0.2) is 18.3 Å². The topological polar surface area (TPSA) is 55.5 Å². The summed E-state index contributed by atoms with van der Waals surface area (Å²) in [4.78, 5) is 0. The number of phenols is 1. The predicted octanol–water partition coefficient (Wildman–Crippen LogP) is 2.68. The van der Waals surface area contributed by atoms with Crippen LogP contribution in [0.2, 0.25) is 0 Å². The van der Waals surface area contributed by atoms with E-state index >= 15 is 0 Å². The van der Waals surface area contributed by atoms with Gasteiger partial charge in [-0.2, -0.15) is 0 Å². The fourth-order valence-corrected chi connectivity index (χ4v) is 2.97. The minimum atomic E-state index is -0.443. The molecule has 1 saturated carbocycles. The molecule has 0 radical (unpaired) electrons. The molecule has 1 atom stereocenters. The third-order valence-corrected chi connectivity index (χ3v) is 4.31. The number of methoxy groups -OCH3 is 1. The van der Waals surface area contributed by atoms with Crippen molar-refractivity contribution in [2.45, 2.75) is 31.2 Å². The molecule has 0 saturated heterocycles. The van der Waals surface area contributed by atoms with Gasteiger partial charge in [-0.15, -0.1) is 0 Å². The average Bonchev–Trinajstić information content (AvgIpc) is 3.05. The maximum absolute atomic E-state index is 13.7. The van der Waals surface area contributed by atoms with Crippen LogP contribution in [0.25, 0.3) is 0 Å². The third kappa shape index (κ3) is 1.81. The Morgan fingerprint density at radius 3 is 2.59 bits per heavy atom. The highest BCUT2D eigenvalue weighted by molar-refractivity contribution is 9.10. The molecule has 3 nitrogen and oxygen atoms in total. The molecule has 5 heteroatoms. The van der Waals surface area contributed by atoms with Gasteiger partial charge in [0.15, 0.2) is 11.5 Å². The number of aromatic hydroxyl groups is 1. The van der Waals surface area contributed by atoms with Crippen molar-refractivity contribution < 1.29 is 14.2 Å². The number of ether oxygens (including phenoxy) is 1. The van der Waals surface area contributed by atoms with E-state index in [1.165, 1.54) is 13.2 Å². The molecule has 0 spiro atoms. The first-order chi connectivity index (χ1) is 7.94. The number of nitrogens with two attached hydrogens (primary N) is 1. The van der Waals surface area contributed by atoms with Crippen LogP contribution in [0, 0.1) is 5.82 Å². The molecule has 0 heterocycles. The molecule has 3 N–H and O–H groups in total. The summed E-state index contributed by atoms with van der Waals surface area (Å²) in [6.07, 6.45) is 1.70. The Balaban J connectivity index is 2.64. The number of hydrogen-bond donors (Lipinski definition) is 2. The van der Waals surface area contributed by atoms with E-state index in [1.807, 2.05) is 6.92 Å². The van der Waals surface area contributed by atoms with Crippen LogP contribution in [-0.2, 0) is 5.41 Å². The second kappa shape index (κ2) is 4.14. The number of benzene rings is 1. The van der Waals surface area contributed by atoms with E-state index in [-0.39, 0.29) is 27.4 Å². The van der Waals surface area contributed by atoms with Crippen LogP contribution >= 0.6 is 15.9 Å². The summed E-state index contributed by atoms with van der Waals surface area (Å²) < 4.78 is 19.0. The van der Waals surface area contributed by atoms with Crippen molar-refractivity contribution in [2.24, 2.45) is 5.73 Å². The minimum Gasteiger partial charge on any atom is -0.504 e. The molecule has 0 bridgehead atoms. The van der Waals surface area contributed by atoms with Gasteiger partial charge in [0.05, 0.1) is 11.6 Å². The molecular formula is C12H15BrFNO2. The van der Waals surface area contributed by atoms with Crippen molar-refractivity contribution in [1.29, 1.82) is 0 Å². The summed E-state index contributed by atoms with van der Waals surface area (Å²) in [6, 6.07) is 1.02. The Kier molecular flexibility index (Phi) is 3.08. The van der Waals surface area contributed by atoms with Gasteiger partial charge in [0.25, 0.3) is 0 Å². The first-order valence-corrected chi connectivity index (χ1v) is 6.24. The van der Waals surface area contributed by atoms with Gasteiger partial charge in [0, 0.05) is 23.1 Å². The van der Waals surface area contributed by atoms with E-state index in [9.17, 15) is 9.50 Å². The summed E-state index contributed by atoms with van der Waals surface area (Å²) in [5.74, 6) is -0.315. The Morgan fingerprint density at radius 1 is 1.59 bits per heavy atom. The Hall–Kier alpha value is -0.810. The van der Waals surface area contributed by atoms with Gasteiger partial charge in [0.1, 0.15) is 5.82 Å². The fraction of sp³-hybridized carbons (Fsp3) is 0.500. The Morgan fingerprint density at radius 2 is 2.18 bits per heavy atom. The van der Waals surface area contributed by atoms with Crippen LogP contribution in [0.1, 0.15) is 25.3 Å². The van der Waals surface area contributed by atoms with E-state index in [0.717, 1.165) is 12.8 Å². The van der Waals surface area contributed by atoms with E-state index in [4.69, 9.17) is 10.5 Å². The van der Waals surface area contributed by atoms with E-state index in [1.54, 1.807) is 0 Å². The monoisotopic (exact) mass is 303 g/mol. The highest BCUT2D eigenvalue weighted by Crippen LogP contribution is 2.57. The van der Waals surface area contributed by atoms with Gasteiger partial charge < -0.3 is 15.6 Å². The average molecular weight is 304 g/mol. The molecule has 0 aromatic heterocycles. The van der Waals surface area contributed by atoms with Gasteiger partial charge in [-0.05, 0) is 35.7 Å². The highest BCUT2D eigenvalue weighted by Gasteiger charge is 2.51. The van der Waals surface area contributed by atoms with Crippen molar-refractivity contribution in [1.82, 2.24) is 0 Å². The zero-order valence-electron chi connectivity index (χ0n) is 9.76. The van der Waals surface area contributed by atoms with E-state index < -0.39 is 5.82 Å². The molecule has 94 valence electrons. The molecule has 2 rings (SSSR count). The number of phenolic OH excluding ortho intramolecular Hbond substituents is 1. The van der Waals surface area contributed by atoms with Crippen LogP contribution in [0.15, 0.2) is 10.5 Å². The first-order valence-electron chi connectivity index (χ1n) is 5.45. The van der Waals surface area contributed by atoms with Crippen molar-refractivity contribution in [3.63, 3.8) is 0 Å². The van der Waals surface area contributed by atoms with Gasteiger partial charge in [-0.1, -0.05) is 0 Å². The van der Waals surface area contributed by atoms with Crippen molar-refractivity contribution in [2.75, 3.05) is 7.11 Å². The number of rotatable bonds is 3. The molecule has 17 heavy (non-hydrogen) atoms. The lowest BCUT2D eigenvalue weighted by molar-refractivity contribution is 0.360. The summed E-state index contributed by atoms with van der Waals surface area (Å²) >= 11 is 3.19. The van der Waals surface area contributed by atoms with E-state index in [2.05, 4.69) is 15.9 Å². The number of hydrogen-bond acceptors (Lipinski definition) is 3. The quantitative estimate of drug-likeness (QED) is 0.902. The lowest BCUT2D eigenvalue weighted by Crippen LogP contribution is -2.32. The predicted molar refractivity (Wildman–Crippen MR) is 66.9 cm³/mol. The SMILES string of the molecule is COc1cc(F)c(Br)c(C2(C(C)N)CC2)c1O. The molecule has 1 aliphatic rings. The maximum atomic E-state index is 13.7. The Bertz CT molecular complexity index is 458. The minimum absolute atomic E-state index is 0.0180. The van der Waals surface area contributed by atoms with Crippen LogP contribution in [0.4, 0.5) is 4.39 Å². The summed E-state index contributed by atoms with van der Waals surface area (Å²) in [6.45, 7) is 1.87. The largest absolute Gasteiger partial charge is 0.504 e. The smallest absolute Gasteiger partial charge is 0.163 e. The molecule has 1 aliphatic carbocycles. The van der Waals surface area contributed by atoms with Crippen LogP contribution in [0.5, 0.6) is 11.5 Å². The van der Waals surface area contributed by atoms with Crippen molar-refractivity contribution in [3.05, 3.63) is 21.9 Å².